The number of carbonyl (C=O) groups is 1. The second-order valence-electron chi connectivity index (χ2n) is 5.67. The van der Waals surface area contributed by atoms with Crippen LogP contribution in [0.3, 0.4) is 0 Å². The summed E-state index contributed by atoms with van der Waals surface area (Å²) in [5.74, 6) is -0.832. The first kappa shape index (κ1) is 17.3. The van der Waals surface area contributed by atoms with Gasteiger partial charge in [0.15, 0.2) is 11.2 Å². The lowest BCUT2D eigenvalue weighted by molar-refractivity contribution is -0.136. The van der Waals surface area contributed by atoms with Crippen LogP contribution in [0.2, 0.25) is 0 Å². The van der Waals surface area contributed by atoms with Crippen LogP contribution in [0.25, 0.3) is 11.2 Å². The summed E-state index contributed by atoms with van der Waals surface area (Å²) in [5.41, 5.74) is 2.25. The molecule has 2 aromatic heterocycles. The summed E-state index contributed by atoms with van der Waals surface area (Å²) < 4.78 is 1.71. The lowest BCUT2D eigenvalue weighted by Crippen LogP contribution is -2.16. The topological polar surface area (TPSA) is 93.8 Å². The van der Waals surface area contributed by atoms with Crippen LogP contribution in [0, 0.1) is 0 Å². The average Bonchev–Trinajstić information content (AvgIpc) is 3.03. The van der Waals surface area contributed by atoms with E-state index in [1.54, 1.807) is 4.68 Å². The molecule has 0 spiro atoms. The van der Waals surface area contributed by atoms with Crippen molar-refractivity contribution in [3.05, 3.63) is 42.2 Å². The first-order chi connectivity index (χ1) is 12.2. The summed E-state index contributed by atoms with van der Waals surface area (Å²) in [5, 5.41) is 17.8. The monoisotopic (exact) mass is 357 g/mol. The van der Waals surface area contributed by atoms with Gasteiger partial charge in [-0.05, 0) is 12.0 Å². The fourth-order valence-electron chi connectivity index (χ4n) is 2.48. The van der Waals surface area contributed by atoms with Gasteiger partial charge in [-0.3, -0.25) is 4.79 Å². The molecule has 0 amide bonds. The van der Waals surface area contributed by atoms with Gasteiger partial charge in [-0.2, -0.15) is 0 Å². The van der Waals surface area contributed by atoms with Crippen molar-refractivity contribution in [1.82, 2.24) is 25.0 Å². The second kappa shape index (κ2) is 8.06. The largest absolute Gasteiger partial charge is 0.480 e. The molecule has 2 heterocycles. The van der Waals surface area contributed by atoms with Gasteiger partial charge in [0.1, 0.15) is 16.6 Å². The zero-order valence-electron chi connectivity index (χ0n) is 13.9. The molecule has 0 bridgehead atoms. The normalized spacial score (nSPS) is 12.4. The Bertz CT molecular complexity index is 853. The third-order valence-corrected chi connectivity index (χ3v) is 5.03. The number of unbranched alkanes of at least 4 members (excludes halogenated alkanes) is 1. The van der Waals surface area contributed by atoms with E-state index in [4.69, 9.17) is 0 Å². The van der Waals surface area contributed by atoms with Crippen LogP contribution in [-0.2, 0) is 11.3 Å². The second-order valence-corrected chi connectivity index (χ2v) is 6.86. The Morgan fingerprint density at radius 2 is 2.08 bits per heavy atom. The number of benzene rings is 1. The predicted molar refractivity (Wildman–Crippen MR) is 95.5 cm³/mol. The summed E-state index contributed by atoms with van der Waals surface area (Å²) in [6.45, 7) is 2.60. The van der Waals surface area contributed by atoms with Crippen molar-refractivity contribution >= 4 is 28.9 Å². The molecule has 0 saturated carbocycles. The van der Waals surface area contributed by atoms with Gasteiger partial charge in [0.25, 0.3) is 0 Å². The van der Waals surface area contributed by atoms with Gasteiger partial charge in [0.05, 0.1) is 6.54 Å². The molecule has 7 nitrogen and oxygen atoms in total. The number of aromatic nitrogens is 5. The minimum absolute atomic E-state index is 0.544. The van der Waals surface area contributed by atoms with E-state index in [1.165, 1.54) is 18.1 Å². The van der Waals surface area contributed by atoms with Gasteiger partial charge >= 0.3 is 5.97 Å². The zero-order valence-corrected chi connectivity index (χ0v) is 14.7. The summed E-state index contributed by atoms with van der Waals surface area (Å²) in [6.07, 6.45) is 3.85. The van der Waals surface area contributed by atoms with Crippen LogP contribution in [0.1, 0.15) is 31.7 Å². The molecule has 0 radical (unpaired) electrons. The molecular weight excluding hydrogens is 338 g/mol. The maximum Gasteiger partial charge on any atom is 0.317 e. The van der Waals surface area contributed by atoms with Crippen LogP contribution < -0.4 is 0 Å². The Hall–Kier alpha value is -2.48. The Kier molecular flexibility index (Phi) is 5.60. The molecule has 1 N–H and O–H groups in total. The van der Waals surface area contributed by atoms with Crippen molar-refractivity contribution in [2.75, 3.05) is 0 Å². The molecule has 0 aliphatic rings. The molecule has 0 saturated heterocycles. The third-order valence-electron chi connectivity index (χ3n) is 3.79. The maximum atomic E-state index is 11.5. The highest BCUT2D eigenvalue weighted by Gasteiger charge is 2.22. The van der Waals surface area contributed by atoms with Crippen LogP contribution in [0.4, 0.5) is 0 Å². The highest BCUT2D eigenvalue weighted by atomic mass is 32.2. The van der Waals surface area contributed by atoms with Crippen molar-refractivity contribution in [2.24, 2.45) is 0 Å². The predicted octanol–water partition coefficient (Wildman–Crippen LogP) is 3.01. The molecular formula is C17H19N5O2S. The molecule has 0 aliphatic heterocycles. The van der Waals surface area contributed by atoms with Gasteiger partial charge in [-0.25, -0.2) is 14.6 Å². The van der Waals surface area contributed by atoms with Gasteiger partial charge in [0.2, 0.25) is 0 Å². The smallest absolute Gasteiger partial charge is 0.317 e. The SMILES string of the molecule is CCCCC(Sc1ncnc2c1nnn2Cc1ccccc1)C(=O)O. The molecule has 1 aromatic carbocycles. The number of thioether (sulfide) groups is 1. The van der Waals surface area contributed by atoms with Gasteiger partial charge < -0.3 is 5.11 Å². The molecule has 130 valence electrons. The summed E-state index contributed by atoms with van der Waals surface area (Å²) in [7, 11) is 0. The van der Waals surface area contributed by atoms with Crippen molar-refractivity contribution in [3.63, 3.8) is 0 Å². The van der Waals surface area contributed by atoms with Gasteiger partial charge in [-0.1, -0.05) is 67.1 Å². The van der Waals surface area contributed by atoms with Gasteiger partial charge in [-0.15, -0.1) is 5.10 Å². The number of fused-ring (bicyclic) bond motifs is 1. The Morgan fingerprint density at radius 3 is 2.80 bits per heavy atom. The number of rotatable bonds is 8. The highest BCUT2D eigenvalue weighted by Crippen LogP contribution is 2.29. The molecule has 0 aliphatic carbocycles. The minimum atomic E-state index is -0.832. The first-order valence-corrected chi connectivity index (χ1v) is 9.04. The number of hydrogen-bond acceptors (Lipinski definition) is 6. The fourth-order valence-corrected chi connectivity index (χ4v) is 3.48. The minimum Gasteiger partial charge on any atom is -0.480 e. The van der Waals surface area contributed by atoms with Gasteiger partial charge in [0, 0.05) is 0 Å². The number of carboxylic acids is 1. The standard InChI is InChI=1S/C17H19N5O2S/c1-2-3-9-13(17(23)24)25-16-14-15(18-11-19-16)22(21-20-14)10-12-7-5-4-6-8-12/h4-8,11,13H,2-3,9-10H2,1H3,(H,23,24). The molecule has 3 aromatic rings. The van der Waals surface area contributed by atoms with E-state index in [0.29, 0.717) is 29.2 Å². The van der Waals surface area contributed by atoms with Crippen molar-refractivity contribution in [1.29, 1.82) is 0 Å². The van der Waals surface area contributed by atoms with E-state index in [2.05, 4.69) is 20.3 Å². The number of nitrogens with zero attached hydrogens (tertiary/aromatic N) is 5. The molecule has 1 unspecified atom stereocenters. The quantitative estimate of drug-likeness (QED) is 0.489. The van der Waals surface area contributed by atoms with Crippen LogP contribution >= 0.6 is 11.8 Å². The Labute approximate surface area is 149 Å². The molecule has 3 rings (SSSR count). The van der Waals surface area contributed by atoms with E-state index in [9.17, 15) is 9.90 Å². The van der Waals surface area contributed by atoms with Crippen molar-refractivity contribution in [2.45, 2.75) is 43.0 Å². The highest BCUT2D eigenvalue weighted by molar-refractivity contribution is 8.00. The average molecular weight is 357 g/mol. The lowest BCUT2D eigenvalue weighted by atomic mass is 10.2. The first-order valence-electron chi connectivity index (χ1n) is 8.16. The van der Waals surface area contributed by atoms with Crippen LogP contribution in [0.15, 0.2) is 41.7 Å². The summed E-state index contributed by atoms with van der Waals surface area (Å²) in [6, 6.07) is 9.92. The fraction of sp³-hybridized carbons (Fsp3) is 0.353. The van der Waals surface area contributed by atoms with E-state index in [0.717, 1.165) is 18.4 Å². The summed E-state index contributed by atoms with van der Waals surface area (Å²) >= 11 is 1.22. The molecule has 8 heteroatoms. The lowest BCUT2D eigenvalue weighted by Gasteiger charge is -2.10. The Balaban J connectivity index is 1.86. The van der Waals surface area contributed by atoms with E-state index in [1.807, 2.05) is 37.3 Å². The number of carboxylic acid groups (broad SMARTS) is 1. The Morgan fingerprint density at radius 1 is 1.28 bits per heavy atom. The van der Waals surface area contributed by atoms with Crippen LogP contribution in [0.5, 0.6) is 0 Å². The third kappa shape index (κ3) is 4.14. The molecule has 1 atom stereocenters. The number of hydrogen-bond donors (Lipinski definition) is 1. The van der Waals surface area contributed by atoms with Crippen molar-refractivity contribution < 1.29 is 9.90 Å². The van der Waals surface area contributed by atoms with E-state index >= 15 is 0 Å². The van der Waals surface area contributed by atoms with E-state index < -0.39 is 11.2 Å². The number of aliphatic carboxylic acids is 1. The van der Waals surface area contributed by atoms with E-state index in [-0.39, 0.29) is 0 Å². The van der Waals surface area contributed by atoms with Crippen molar-refractivity contribution in [3.8, 4) is 0 Å². The van der Waals surface area contributed by atoms with Crippen LogP contribution in [-0.4, -0.2) is 41.3 Å². The zero-order chi connectivity index (χ0) is 17.6. The molecule has 25 heavy (non-hydrogen) atoms. The maximum absolute atomic E-state index is 11.5. The molecule has 0 fully saturated rings. The summed E-state index contributed by atoms with van der Waals surface area (Å²) in [4.78, 5) is 20.0.